The molecule has 0 amide bonds. The van der Waals surface area contributed by atoms with E-state index >= 15 is 0 Å². The van der Waals surface area contributed by atoms with Crippen molar-refractivity contribution < 1.29 is 9.84 Å². The third kappa shape index (κ3) is 4.65. The molecule has 136 valence electrons. The van der Waals surface area contributed by atoms with Gasteiger partial charge in [0.2, 0.25) is 0 Å². The Bertz CT molecular complexity index is 819. The van der Waals surface area contributed by atoms with E-state index in [1.54, 1.807) is 0 Å². The lowest BCUT2D eigenvalue weighted by Crippen LogP contribution is -2.20. The molecule has 6 heteroatoms. The molecule has 2 aromatic carbocycles. The van der Waals surface area contributed by atoms with Crippen LogP contribution in [0.3, 0.4) is 0 Å². The predicted molar refractivity (Wildman–Crippen MR) is 105 cm³/mol. The first-order valence-corrected chi connectivity index (χ1v) is 9.65. The minimum atomic E-state index is -0.580. The van der Waals surface area contributed by atoms with Gasteiger partial charge < -0.3 is 14.4 Å². The number of aryl methyl sites for hydroxylation is 1. The Balaban J connectivity index is 1.57. The maximum Gasteiger partial charge on any atom is 0.191 e. The van der Waals surface area contributed by atoms with Crippen molar-refractivity contribution in [1.82, 2.24) is 14.8 Å². The Morgan fingerprint density at radius 3 is 2.50 bits per heavy atom. The molecule has 0 saturated carbocycles. The molecule has 0 fully saturated rings. The summed E-state index contributed by atoms with van der Waals surface area (Å²) in [6, 6.07) is 17.8. The number of hydrogen-bond acceptors (Lipinski definition) is 5. The van der Waals surface area contributed by atoms with Crippen LogP contribution >= 0.6 is 11.8 Å². The van der Waals surface area contributed by atoms with Crippen LogP contribution in [0.4, 0.5) is 0 Å². The summed E-state index contributed by atoms with van der Waals surface area (Å²) in [5.74, 6) is 2.11. The van der Waals surface area contributed by atoms with E-state index < -0.39 is 6.10 Å². The van der Waals surface area contributed by atoms with Crippen molar-refractivity contribution in [1.29, 1.82) is 0 Å². The largest absolute Gasteiger partial charge is 0.491 e. The van der Waals surface area contributed by atoms with E-state index in [1.165, 1.54) is 17.3 Å². The van der Waals surface area contributed by atoms with E-state index in [9.17, 15) is 5.11 Å². The zero-order valence-corrected chi connectivity index (χ0v) is 15.8. The summed E-state index contributed by atoms with van der Waals surface area (Å²) in [7, 11) is 0. The van der Waals surface area contributed by atoms with Crippen LogP contribution < -0.4 is 4.74 Å². The standard InChI is InChI=1S/C20H23N3O2S/c1-3-23-19(16-7-5-4-6-8-16)21-22-20(23)26-14-17(24)13-25-18-11-9-15(2)10-12-18/h4-12,17,24H,3,13-14H2,1-2H3/t17-/m0/s1. The molecule has 0 aliphatic carbocycles. The molecule has 26 heavy (non-hydrogen) atoms. The highest BCUT2D eigenvalue weighted by molar-refractivity contribution is 7.99. The van der Waals surface area contributed by atoms with Gasteiger partial charge in [0.15, 0.2) is 11.0 Å². The molecule has 0 saturated heterocycles. The molecular weight excluding hydrogens is 346 g/mol. The van der Waals surface area contributed by atoms with Gasteiger partial charge in [-0.05, 0) is 26.0 Å². The molecule has 1 atom stereocenters. The third-order valence-electron chi connectivity index (χ3n) is 3.93. The van der Waals surface area contributed by atoms with Gasteiger partial charge in [0.1, 0.15) is 12.4 Å². The highest BCUT2D eigenvalue weighted by atomic mass is 32.2. The van der Waals surface area contributed by atoms with E-state index in [1.807, 2.05) is 61.5 Å². The maximum absolute atomic E-state index is 10.2. The topological polar surface area (TPSA) is 60.2 Å². The van der Waals surface area contributed by atoms with Crippen LogP contribution in [0.25, 0.3) is 11.4 Å². The van der Waals surface area contributed by atoms with Crippen LogP contribution in [0.1, 0.15) is 12.5 Å². The lowest BCUT2D eigenvalue weighted by Gasteiger charge is -2.12. The zero-order valence-electron chi connectivity index (χ0n) is 15.0. The normalized spacial score (nSPS) is 12.1. The Morgan fingerprint density at radius 2 is 1.81 bits per heavy atom. The summed E-state index contributed by atoms with van der Waals surface area (Å²) in [5, 5.41) is 19.6. The second-order valence-corrected chi connectivity index (χ2v) is 6.99. The van der Waals surface area contributed by atoms with Crippen molar-refractivity contribution in [3.05, 3.63) is 60.2 Å². The molecule has 1 aromatic heterocycles. The first-order valence-electron chi connectivity index (χ1n) is 8.66. The molecule has 3 aromatic rings. The fraction of sp³-hybridized carbons (Fsp3) is 0.300. The zero-order chi connectivity index (χ0) is 18.4. The van der Waals surface area contributed by atoms with Crippen molar-refractivity contribution in [2.24, 2.45) is 0 Å². The molecule has 0 aliphatic rings. The summed E-state index contributed by atoms with van der Waals surface area (Å²) in [4.78, 5) is 0. The second-order valence-electron chi connectivity index (χ2n) is 6.01. The third-order valence-corrected chi connectivity index (χ3v) is 5.04. The van der Waals surface area contributed by atoms with Gasteiger partial charge in [-0.15, -0.1) is 10.2 Å². The van der Waals surface area contributed by atoms with Gasteiger partial charge in [-0.1, -0.05) is 59.8 Å². The number of thioether (sulfide) groups is 1. The predicted octanol–water partition coefficient (Wildman–Crippen LogP) is 3.81. The monoisotopic (exact) mass is 369 g/mol. The van der Waals surface area contributed by atoms with Crippen molar-refractivity contribution in [2.45, 2.75) is 31.7 Å². The van der Waals surface area contributed by atoms with Crippen molar-refractivity contribution in [3.8, 4) is 17.1 Å². The van der Waals surface area contributed by atoms with E-state index in [0.717, 1.165) is 28.8 Å². The van der Waals surface area contributed by atoms with Gasteiger partial charge in [0, 0.05) is 17.9 Å². The van der Waals surface area contributed by atoms with Crippen LogP contribution in [-0.2, 0) is 6.54 Å². The molecule has 5 nitrogen and oxygen atoms in total. The average Bonchev–Trinajstić information content (AvgIpc) is 3.09. The van der Waals surface area contributed by atoms with E-state index in [0.29, 0.717) is 5.75 Å². The van der Waals surface area contributed by atoms with Crippen molar-refractivity contribution >= 4 is 11.8 Å². The summed E-state index contributed by atoms with van der Waals surface area (Å²) in [6.07, 6.45) is -0.580. The van der Waals surface area contributed by atoms with E-state index in [2.05, 4.69) is 21.7 Å². The van der Waals surface area contributed by atoms with Gasteiger partial charge in [0.25, 0.3) is 0 Å². The lowest BCUT2D eigenvalue weighted by molar-refractivity contribution is 0.126. The number of aliphatic hydroxyl groups excluding tert-OH is 1. The summed E-state index contributed by atoms with van der Waals surface area (Å²) in [5.41, 5.74) is 2.22. The Hall–Kier alpha value is -2.31. The molecular formula is C20H23N3O2S. The maximum atomic E-state index is 10.2. The van der Waals surface area contributed by atoms with Gasteiger partial charge in [0.05, 0.1) is 6.10 Å². The number of aliphatic hydroxyl groups is 1. The van der Waals surface area contributed by atoms with Crippen molar-refractivity contribution in [2.75, 3.05) is 12.4 Å². The summed E-state index contributed by atoms with van der Waals surface area (Å²) >= 11 is 1.49. The number of nitrogens with zero attached hydrogens (tertiary/aromatic N) is 3. The van der Waals surface area contributed by atoms with Gasteiger partial charge in [-0.25, -0.2) is 0 Å². The molecule has 3 rings (SSSR count). The van der Waals surface area contributed by atoms with Gasteiger partial charge in [-0.3, -0.25) is 0 Å². The molecule has 0 unspecified atom stereocenters. The van der Waals surface area contributed by atoms with Crippen LogP contribution in [0.15, 0.2) is 59.8 Å². The second kappa shape index (κ2) is 8.87. The summed E-state index contributed by atoms with van der Waals surface area (Å²) < 4.78 is 7.70. The minimum absolute atomic E-state index is 0.252. The summed E-state index contributed by atoms with van der Waals surface area (Å²) in [6.45, 7) is 5.12. The number of hydrogen-bond donors (Lipinski definition) is 1. The van der Waals surface area contributed by atoms with Crippen LogP contribution in [0.5, 0.6) is 5.75 Å². The Labute approximate surface area is 158 Å². The van der Waals surface area contributed by atoms with Crippen LogP contribution in [0, 0.1) is 6.92 Å². The van der Waals surface area contributed by atoms with E-state index in [4.69, 9.17) is 4.74 Å². The number of aromatic nitrogens is 3. The molecule has 0 radical (unpaired) electrons. The lowest BCUT2D eigenvalue weighted by atomic mass is 10.2. The fourth-order valence-corrected chi connectivity index (χ4v) is 3.43. The molecule has 1 N–H and O–H groups in total. The first kappa shape index (κ1) is 18.5. The molecule has 1 heterocycles. The number of benzene rings is 2. The molecule has 0 spiro atoms. The highest BCUT2D eigenvalue weighted by Gasteiger charge is 2.15. The Kier molecular flexibility index (Phi) is 6.30. The quantitative estimate of drug-likeness (QED) is 0.612. The Morgan fingerprint density at radius 1 is 1.08 bits per heavy atom. The first-order chi connectivity index (χ1) is 12.7. The SMILES string of the molecule is CCn1c(SC[C@@H](O)COc2ccc(C)cc2)nnc1-c1ccccc1. The minimum Gasteiger partial charge on any atom is -0.491 e. The average molecular weight is 369 g/mol. The fourth-order valence-electron chi connectivity index (χ4n) is 2.53. The smallest absolute Gasteiger partial charge is 0.191 e. The van der Waals surface area contributed by atoms with Gasteiger partial charge >= 0.3 is 0 Å². The van der Waals surface area contributed by atoms with E-state index in [-0.39, 0.29) is 6.61 Å². The number of rotatable bonds is 8. The number of ether oxygens (including phenoxy) is 1. The van der Waals surface area contributed by atoms with Gasteiger partial charge in [-0.2, -0.15) is 0 Å². The van der Waals surface area contributed by atoms with Crippen molar-refractivity contribution in [3.63, 3.8) is 0 Å². The molecule has 0 bridgehead atoms. The van der Waals surface area contributed by atoms with Crippen LogP contribution in [-0.4, -0.2) is 38.3 Å². The highest BCUT2D eigenvalue weighted by Crippen LogP contribution is 2.24. The molecule has 0 aliphatic heterocycles. The van der Waals surface area contributed by atoms with Crippen LogP contribution in [0.2, 0.25) is 0 Å².